The Morgan fingerprint density at radius 3 is 3.00 bits per heavy atom. The summed E-state index contributed by atoms with van der Waals surface area (Å²) in [6.45, 7) is 2.73. The van der Waals surface area contributed by atoms with Crippen molar-refractivity contribution in [1.82, 2.24) is 19.9 Å². The summed E-state index contributed by atoms with van der Waals surface area (Å²) in [7, 11) is 0. The summed E-state index contributed by atoms with van der Waals surface area (Å²) in [6.07, 6.45) is 1.83. The fourth-order valence-corrected chi connectivity index (χ4v) is 2.84. The Balaban J connectivity index is 1.63. The minimum Gasteiger partial charge on any atom is -0.365 e. The molecule has 0 aliphatic carbocycles. The smallest absolute Gasteiger partial charge is 0.226 e. The highest BCUT2D eigenvalue weighted by Crippen LogP contribution is 2.22. The van der Waals surface area contributed by atoms with Crippen LogP contribution in [0.25, 0.3) is 21.9 Å². The van der Waals surface area contributed by atoms with Gasteiger partial charge in [-0.3, -0.25) is 0 Å². The number of aromatic nitrogens is 4. The third-order valence-electron chi connectivity index (χ3n) is 3.67. The number of benzene rings is 1. The van der Waals surface area contributed by atoms with Gasteiger partial charge in [-0.25, -0.2) is 4.98 Å². The normalized spacial score (nSPS) is 11.4. The first-order valence-electron chi connectivity index (χ1n) is 7.02. The molecule has 0 fully saturated rings. The van der Waals surface area contributed by atoms with Gasteiger partial charge >= 0.3 is 0 Å². The highest BCUT2D eigenvalue weighted by Gasteiger charge is 2.07. The van der Waals surface area contributed by atoms with Crippen molar-refractivity contribution in [3.63, 3.8) is 0 Å². The minimum atomic E-state index is 0.231. The largest absolute Gasteiger partial charge is 0.365 e. The zero-order valence-corrected chi connectivity index (χ0v) is 12.7. The van der Waals surface area contributed by atoms with E-state index in [0.29, 0.717) is 6.54 Å². The molecule has 0 amide bonds. The molecule has 3 heterocycles. The molecule has 0 saturated heterocycles. The van der Waals surface area contributed by atoms with Gasteiger partial charge in [0.05, 0.1) is 5.39 Å². The molecule has 3 N–H and O–H groups in total. The van der Waals surface area contributed by atoms with Crippen LogP contribution in [0, 0.1) is 6.92 Å². The van der Waals surface area contributed by atoms with Gasteiger partial charge in [-0.2, -0.15) is 4.98 Å². The Morgan fingerprint density at radius 2 is 2.09 bits per heavy atom. The number of halogens is 1. The van der Waals surface area contributed by atoms with Crippen LogP contribution >= 0.6 is 11.6 Å². The highest BCUT2D eigenvalue weighted by atomic mass is 35.5. The van der Waals surface area contributed by atoms with Gasteiger partial charge in [0.25, 0.3) is 0 Å². The van der Waals surface area contributed by atoms with E-state index < -0.39 is 0 Å². The molecule has 0 unspecified atom stereocenters. The van der Waals surface area contributed by atoms with Gasteiger partial charge in [-0.15, -0.1) is 0 Å². The third-order valence-corrected chi connectivity index (χ3v) is 3.84. The number of anilines is 1. The van der Waals surface area contributed by atoms with E-state index in [4.69, 9.17) is 11.6 Å². The number of aryl methyl sites for hydroxylation is 1. The lowest BCUT2D eigenvalue weighted by Gasteiger charge is -2.07. The minimum absolute atomic E-state index is 0.231. The second-order valence-corrected chi connectivity index (χ2v) is 5.65. The van der Waals surface area contributed by atoms with Crippen molar-refractivity contribution in [3.8, 4) is 0 Å². The number of nitrogens with one attached hydrogen (secondary N) is 3. The predicted molar refractivity (Wildman–Crippen MR) is 89.3 cm³/mol. The lowest BCUT2D eigenvalue weighted by Crippen LogP contribution is -2.02. The standard InChI is InChI=1S/C16H14ClN5/c1-9-6-11-7-10(2-3-13(11)20-9)8-19-15-12-4-5-18-14(12)21-16(17)22-15/h2-7,20H,8H2,1H3,(H2,18,19,21,22). The van der Waals surface area contributed by atoms with Crippen molar-refractivity contribution in [2.24, 2.45) is 0 Å². The Morgan fingerprint density at radius 1 is 1.18 bits per heavy atom. The van der Waals surface area contributed by atoms with Crippen molar-refractivity contribution in [1.29, 1.82) is 0 Å². The van der Waals surface area contributed by atoms with Crippen molar-refractivity contribution >= 4 is 39.4 Å². The van der Waals surface area contributed by atoms with E-state index in [1.807, 2.05) is 12.3 Å². The molecule has 0 aliphatic rings. The van der Waals surface area contributed by atoms with Crippen LogP contribution in [0.15, 0.2) is 36.5 Å². The molecule has 6 heteroatoms. The van der Waals surface area contributed by atoms with Gasteiger partial charge in [0.2, 0.25) is 5.28 Å². The van der Waals surface area contributed by atoms with E-state index >= 15 is 0 Å². The number of hydrogen-bond donors (Lipinski definition) is 3. The van der Waals surface area contributed by atoms with Gasteiger partial charge < -0.3 is 15.3 Å². The third kappa shape index (κ3) is 2.29. The maximum absolute atomic E-state index is 5.96. The summed E-state index contributed by atoms with van der Waals surface area (Å²) in [5, 5.41) is 5.71. The van der Waals surface area contributed by atoms with Gasteiger partial charge in [-0.1, -0.05) is 6.07 Å². The molecule has 5 nitrogen and oxygen atoms in total. The van der Waals surface area contributed by atoms with Crippen molar-refractivity contribution < 1.29 is 0 Å². The molecule has 0 spiro atoms. The lowest BCUT2D eigenvalue weighted by atomic mass is 10.1. The molecule has 0 atom stereocenters. The monoisotopic (exact) mass is 311 g/mol. The van der Waals surface area contributed by atoms with Crippen LogP contribution in [0.4, 0.5) is 5.82 Å². The molecule has 4 rings (SSSR count). The number of nitrogens with zero attached hydrogens (tertiary/aromatic N) is 2. The lowest BCUT2D eigenvalue weighted by molar-refractivity contribution is 1.10. The molecule has 0 radical (unpaired) electrons. The second-order valence-electron chi connectivity index (χ2n) is 5.31. The Kier molecular flexibility index (Phi) is 3.01. The molecular formula is C16H14ClN5. The van der Waals surface area contributed by atoms with E-state index in [2.05, 4.69) is 56.4 Å². The van der Waals surface area contributed by atoms with E-state index in [1.54, 1.807) is 0 Å². The molecule has 110 valence electrons. The maximum Gasteiger partial charge on any atom is 0.226 e. The first-order valence-corrected chi connectivity index (χ1v) is 7.39. The molecule has 0 aliphatic heterocycles. The number of aromatic amines is 2. The predicted octanol–water partition coefficient (Wildman–Crippen LogP) is 4.01. The van der Waals surface area contributed by atoms with Gasteiger partial charge in [-0.05, 0) is 53.7 Å². The zero-order chi connectivity index (χ0) is 15.1. The van der Waals surface area contributed by atoms with Crippen LogP contribution in [-0.4, -0.2) is 19.9 Å². The van der Waals surface area contributed by atoms with Crippen molar-refractivity contribution in [3.05, 3.63) is 53.1 Å². The van der Waals surface area contributed by atoms with Gasteiger partial charge in [0.15, 0.2) is 0 Å². The second kappa shape index (κ2) is 5.03. The zero-order valence-electron chi connectivity index (χ0n) is 11.9. The molecule has 0 saturated carbocycles. The van der Waals surface area contributed by atoms with Crippen LogP contribution in [0.3, 0.4) is 0 Å². The van der Waals surface area contributed by atoms with E-state index in [9.17, 15) is 0 Å². The Bertz CT molecular complexity index is 969. The number of rotatable bonds is 3. The van der Waals surface area contributed by atoms with Crippen LogP contribution in [-0.2, 0) is 6.54 Å². The summed E-state index contributed by atoms with van der Waals surface area (Å²) in [6, 6.07) is 10.4. The quantitative estimate of drug-likeness (QED) is 0.501. The maximum atomic E-state index is 5.96. The molecule has 22 heavy (non-hydrogen) atoms. The molecule has 0 bridgehead atoms. The average Bonchev–Trinajstić information content (AvgIpc) is 3.08. The summed E-state index contributed by atoms with van der Waals surface area (Å²) in [5.74, 6) is 0.738. The average molecular weight is 312 g/mol. The van der Waals surface area contributed by atoms with Gasteiger partial charge in [0, 0.05) is 24.0 Å². The number of hydrogen-bond acceptors (Lipinski definition) is 3. The number of H-pyrrole nitrogens is 2. The molecular weight excluding hydrogens is 298 g/mol. The van der Waals surface area contributed by atoms with Crippen molar-refractivity contribution in [2.45, 2.75) is 13.5 Å². The van der Waals surface area contributed by atoms with Crippen molar-refractivity contribution in [2.75, 3.05) is 5.32 Å². The molecule has 1 aromatic carbocycles. The summed E-state index contributed by atoms with van der Waals surface area (Å²) < 4.78 is 0. The van der Waals surface area contributed by atoms with E-state index in [0.717, 1.165) is 28.1 Å². The fourth-order valence-electron chi connectivity index (χ4n) is 2.67. The Labute approximate surface area is 131 Å². The van der Waals surface area contributed by atoms with E-state index in [-0.39, 0.29) is 5.28 Å². The van der Waals surface area contributed by atoms with Gasteiger partial charge in [0.1, 0.15) is 11.5 Å². The first-order chi connectivity index (χ1) is 10.7. The topological polar surface area (TPSA) is 69.4 Å². The van der Waals surface area contributed by atoms with E-state index in [1.165, 1.54) is 10.9 Å². The summed E-state index contributed by atoms with van der Waals surface area (Å²) >= 11 is 5.96. The van der Waals surface area contributed by atoms with Crippen LogP contribution < -0.4 is 5.32 Å². The van der Waals surface area contributed by atoms with Crippen LogP contribution in [0.2, 0.25) is 5.28 Å². The summed E-state index contributed by atoms with van der Waals surface area (Å²) in [4.78, 5) is 14.8. The first kappa shape index (κ1) is 13.2. The molecule has 4 aromatic rings. The summed E-state index contributed by atoms with van der Waals surface area (Å²) in [5.41, 5.74) is 4.24. The van der Waals surface area contributed by atoms with Crippen LogP contribution in [0.1, 0.15) is 11.3 Å². The number of fused-ring (bicyclic) bond motifs is 2. The van der Waals surface area contributed by atoms with Crippen LogP contribution in [0.5, 0.6) is 0 Å². The Hall–Kier alpha value is -2.53. The fraction of sp³-hybridized carbons (Fsp3) is 0.125. The SMILES string of the molecule is Cc1cc2cc(CNc3nc(Cl)nc4[nH]ccc34)ccc2[nH]1. The highest BCUT2D eigenvalue weighted by molar-refractivity contribution is 6.28. The molecule has 3 aromatic heterocycles.